The molecule has 0 aliphatic carbocycles. The van der Waals surface area contributed by atoms with Gasteiger partial charge in [-0.25, -0.2) is 0 Å². The molecule has 1 fully saturated rings. The summed E-state index contributed by atoms with van der Waals surface area (Å²) in [5.41, 5.74) is 3.12. The number of benzene rings is 1. The van der Waals surface area contributed by atoms with E-state index in [0.29, 0.717) is 25.9 Å². The second-order valence-electron chi connectivity index (χ2n) is 9.74. The molecule has 0 saturated carbocycles. The molecular formula is C30H45NO4. The average Bonchev–Trinajstić information content (AvgIpc) is 2.87. The van der Waals surface area contributed by atoms with E-state index >= 15 is 0 Å². The van der Waals surface area contributed by atoms with Crippen molar-refractivity contribution < 1.29 is 19.0 Å². The summed E-state index contributed by atoms with van der Waals surface area (Å²) in [6.45, 7) is 11.1. The Bertz CT molecular complexity index is 815. The molecule has 3 rings (SSSR count). The predicted molar refractivity (Wildman–Crippen MR) is 143 cm³/mol. The van der Waals surface area contributed by atoms with Crippen molar-refractivity contribution in [2.75, 3.05) is 18.1 Å². The third-order valence-corrected chi connectivity index (χ3v) is 6.91. The van der Waals surface area contributed by atoms with Gasteiger partial charge in [0.2, 0.25) is 5.91 Å². The number of hydrogen-bond acceptors (Lipinski definition) is 4. The van der Waals surface area contributed by atoms with E-state index in [4.69, 9.17) is 14.2 Å². The molecule has 0 bridgehead atoms. The summed E-state index contributed by atoms with van der Waals surface area (Å²) in [6, 6.07) is 4.20. The molecule has 1 amide bonds. The molecule has 194 valence electrons. The molecule has 5 heteroatoms. The number of unbranched alkanes of at least 4 members (excludes halogenated alkanes) is 6. The number of carbonyl (C=O) groups is 1. The zero-order valence-corrected chi connectivity index (χ0v) is 21.8. The molecule has 1 aromatic rings. The van der Waals surface area contributed by atoms with E-state index in [2.05, 4.69) is 32.2 Å². The fraction of sp³-hybridized carbons (Fsp3) is 0.633. The minimum atomic E-state index is -0.309. The van der Waals surface area contributed by atoms with E-state index in [1.54, 1.807) is 6.08 Å². The molecule has 1 saturated heterocycles. The van der Waals surface area contributed by atoms with Crippen molar-refractivity contribution in [2.24, 2.45) is 0 Å². The number of allylic oxidation sites excluding steroid dienone is 1. The van der Waals surface area contributed by atoms with Crippen molar-refractivity contribution in [2.45, 2.75) is 109 Å². The van der Waals surface area contributed by atoms with E-state index < -0.39 is 0 Å². The highest BCUT2D eigenvalue weighted by atomic mass is 16.7. The lowest BCUT2D eigenvalue weighted by atomic mass is 9.96. The molecule has 0 radical (unpaired) electrons. The first-order valence-electron chi connectivity index (χ1n) is 13.8. The molecule has 0 N–H and O–H groups in total. The summed E-state index contributed by atoms with van der Waals surface area (Å²) in [6.07, 6.45) is 17.5. The van der Waals surface area contributed by atoms with E-state index in [1.807, 2.05) is 11.0 Å². The molecular weight excluding hydrogens is 438 g/mol. The first-order valence-corrected chi connectivity index (χ1v) is 13.8. The first-order chi connectivity index (χ1) is 17.2. The van der Waals surface area contributed by atoms with Crippen molar-refractivity contribution in [1.29, 1.82) is 0 Å². The van der Waals surface area contributed by atoms with Crippen LogP contribution >= 0.6 is 0 Å². The van der Waals surface area contributed by atoms with Crippen LogP contribution in [0.15, 0.2) is 37.4 Å². The SMILES string of the molecule is C=CCOc1cc2c(cc1CC=C)N(C(CCCCCCCCC)OC1CCCCO1)C(=O)CC2. The van der Waals surface area contributed by atoms with Gasteiger partial charge in [-0.15, -0.1) is 6.58 Å². The summed E-state index contributed by atoms with van der Waals surface area (Å²) in [5.74, 6) is 0.976. The number of rotatable bonds is 16. The van der Waals surface area contributed by atoms with E-state index in [-0.39, 0.29) is 18.4 Å². The Morgan fingerprint density at radius 2 is 1.89 bits per heavy atom. The summed E-state index contributed by atoms with van der Waals surface area (Å²) in [4.78, 5) is 15.2. The van der Waals surface area contributed by atoms with Crippen LogP contribution in [0.1, 0.15) is 95.1 Å². The molecule has 5 nitrogen and oxygen atoms in total. The van der Waals surface area contributed by atoms with Gasteiger partial charge < -0.3 is 14.2 Å². The highest BCUT2D eigenvalue weighted by Gasteiger charge is 2.34. The fourth-order valence-electron chi connectivity index (χ4n) is 5.02. The van der Waals surface area contributed by atoms with Crippen molar-refractivity contribution in [3.8, 4) is 5.75 Å². The zero-order valence-electron chi connectivity index (χ0n) is 21.8. The zero-order chi connectivity index (χ0) is 24.9. The largest absolute Gasteiger partial charge is 0.489 e. The van der Waals surface area contributed by atoms with Crippen molar-refractivity contribution in [3.05, 3.63) is 48.6 Å². The Kier molecular flexibility index (Phi) is 11.9. The highest BCUT2D eigenvalue weighted by Crippen LogP contribution is 2.37. The maximum absolute atomic E-state index is 13.3. The van der Waals surface area contributed by atoms with Gasteiger partial charge in [-0.05, 0) is 68.2 Å². The Hall–Kier alpha value is -2.11. The van der Waals surface area contributed by atoms with Crippen LogP contribution in [0.25, 0.3) is 0 Å². The lowest BCUT2D eigenvalue weighted by Gasteiger charge is -2.39. The van der Waals surface area contributed by atoms with Crippen LogP contribution in [0.4, 0.5) is 5.69 Å². The van der Waals surface area contributed by atoms with Crippen LogP contribution in [-0.4, -0.2) is 31.6 Å². The van der Waals surface area contributed by atoms with Crippen LogP contribution in [-0.2, 0) is 27.1 Å². The van der Waals surface area contributed by atoms with E-state index in [0.717, 1.165) is 61.3 Å². The van der Waals surface area contributed by atoms with E-state index in [9.17, 15) is 4.79 Å². The van der Waals surface area contributed by atoms with Crippen LogP contribution in [0.3, 0.4) is 0 Å². The topological polar surface area (TPSA) is 48.0 Å². The highest BCUT2D eigenvalue weighted by molar-refractivity contribution is 5.97. The van der Waals surface area contributed by atoms with Gasteiger partial charge in [0, 0.05) is 13.0 Å². The molecule has 35 heavy (non-hydrogen) atoms. The monoisotopic (exact) mass is 483 g/mol. The van der Waals surface area contributed by atoms with Gasteiger partial charge >= 0.3 is 0 Å². The van der Waals surface area contributed by atoms with Gasteiger partial charge in [0.05, 0.1) is 5.69 Å². The number of aryl methyl sites for hydroxylation is 1. The Morgan fingerprint density at radius 1 is 1.09 bits per heavy atom. The van der Waals surface area contributed by atoms with Gasteiger partial charge in [0.15, 0.2) is 6.29 Å². The minimum absolute atomic E-state index is 0.130. The Morgan fingerprint density at radius 3 is 2.60 bits per heavy atom. The summed E-state index contributed by atoms with van der Waals surface area (Å²) in [7, 11) is 0. The maximum Gasteiger partial charge on any atom is 0.229 e. The summed E-state index contributed by atoms with van der Waals surface area (Å²) < 4.78 is 18.4. The number of ether oxygens (including phenoxy) is 3. The number of amides is 1. The summed E-state index contributed by atoms with van der Waals surface area (Å²) >= 11 is 0. The van der Waals surface area contributed by atoms with Gasteiger partial charge in [-0.2, -0.15) is 0 Å². The predicted octanol–water partition coefficient (Wildman–Crippen LogP) is 7.27. The van der Waals surface area contributed by atoms with Gasteiger partial charge in [0.25, 0.3) is 0 Å². The second-order valence-corrected chi connectivity index (χ2v) is 9.74. The lowest BCUT2D eigenvalue weighted by Crippen LogP contribution is -2.47. The molecule has 0 spiro atoms. The number of carbonyl (C=O) groups excluding carboxylic acids is 1. The normalized spacial score (nSPS) is 18.7. The number of hydrogen-bond donors (Lipinski definition) is 0. The molecule has 0 aromatic heterocycles. The van der Waals surface area contributed by atoms with Crippen molar-refractivity contribution in [3.63, 3.8) is 0 Å². The molecule has 1 aromatic carbocycles. The lowest BCUT2D eigenvalue weighted by molar-refractivity contribution is -0.190. The van der Waals surface area contributed by atoms with Crippen molar-refractivity contribution in [1.82, 2.24) is 0 Å². The molecule has 2 aliphatic rings. The first kappa shape index (κ1) is 27.5. The number of nitrogens with zero attached hydrogens (tertiary/aromatic N) is 1. The summed E-state index contributed by atoms with van der Waals surface area (Å²) in [5, 5.41) is 0. The minimum Gasteiger partial charge on any atom is -0.489 e. The fourth-order valence-corrected chi connectivity index (χ4v) is 5.02. The van der Waals surface area contributed by atoms with Crippen LogP contribution in [0.5, 0.6) is 5.75 Å². The molecule has 2 unspecified atom stereocenters. The van der Waals surface area contributed by atoms with Crippen molar-refractivity contribution >= 4 is 11.6 Å². The maximum atomic E-state index is 13.3. The van der Waals surface area contributed by atoms with Crippen LogP contribution in [0.2, 0.25) is 0 Å². The molecule has 2 atom stereocenters. The third-order valence-electron chi connectivity index (χ3n) is 6.91. The number of fused-ring (bicyclic) bond motifs is 1. The second kappa shape index (κ2) is 15.1. The van der Waals surface area contributed by atoms with Crippen LogP contribution in [0, 0.1) is 0 Å². The number of anilines is 1. The van der Waals surface area contributed by atoms with Gasteiger partial charge in [-0.3, -0.25) is 9.69 Å². The van der Waals surface area contributed by atoms with Crippen LogP contribution < -0.4 is 9.64 Å². The third kappa shape index (κ3) is 8.22. The Balaban J connectivity index is 1.80. The molecule has 2 aliphatic heterocycles. The molecule has 2 heterocycles. The Labute approximate surface area is 212 Å². The van der Waals surface area contributed by atoms with Gasteiger partial charge in [0.1, 0.15) is 18.6 Å². The standard InChI is InChI=1S/C30H45NO4/c1-4-7-8-9-10-11-12-16-29(35-30-17-13-14-21-34-30)31-26-22-25(15-5-2)27(33-20-6-3)23-24(26)18-19-28(31)32/h5-6,22-23,29-30H,2-4,7-21H2,1H3. The quantitative estimate of drug-likeness (QED) is 0.183. The smallest absolute Gasteiger partial charge is 0.229 e. The van der Waals surface area contributed by atoms with Gasteiger partial charge in [-0.1, -0.05) is 64.2 Å². The average molecular weight is 484 g/mol. The van der Waals surface area contributed by atoms with E-state index in [1.165, 1.54) is 38.5 Å².